The lowest BCUT2D eigenvalue weighted by Crippen LogP contribution is -2.31. The summed E-state index contributed by atoms with van der Waals surface area (Å²) >= 11 is 6.40. The van der Waals surface area contributed by atoms with E-state index in [0.29, 0.717) is 16.8 Å². The van der Waals surface area contributed by atoms with Gasteiger partial charge in [0.05, 0.1) is 11.7 Å². The van der Waals surface area contributed by atoms with Crippen LogP contribution in [0.3, 0.4) is 0 Å². The fourth-order valence-electron chi connectivity index (χ4n) is 4.24. The van der Waals surface area contributed by atoms with Crippen LogP contribution in [-0.4, -0.2) is 47.2 Å². The minimum atomic E-state index is -0.296. The van der Waals surface area contributed by atoms with E-state index >= 15 is 0 Å². The number of nitrogens with one attached hydrogen (secondary N) is 2. The predicted octanol–water partition coefficient (Wildman–Crippen LogP) is 4.66. The van der Waals surface area contributed by atoms with Crippen LogP contribution in [-0.2, 0) is 4.79 Å². The number of likely N-dealkylation sites (N-methyl/N-ethyl adjacent to an activating group) is 1. The molecule has 0 unspecified atom stereocenters. The molecule has 1 aliphatic heterocycles. The largest absolute Gasteiger partial charge is 0.478 e. The summed E-state index contributed by atoms with van der Waals surface area (Å²) in [5.74, 6) is 1.06. The van der Waals surface area contributed by atoms with Crippen molar-refractivity contribution >= 4 is 45.9 Å². The predicted molar refractivity (Wildman–Crippen MR) is 144 cm³/mol. The minimum Gasteiger partial charge on any atom is -0.478 e. The van der Waals surface area contributed by atoms with Crippen molar-refractivity contribution in [3.8, 4) is 5.75 Å². The van der Waals surface area contributed by atoms with E-state index in [4.69, 9.17) is 16.3 Å². The highest BCUT2D eigenvalue weighted by atomic mass is 35.5. The van der Waals surface area contributed by atoms with Gasteiger partial charge in [-0.3, -0.25) is 9.59 Å². The third-order valence-corrected chi connectivity index (χ3v) is 6.46. The second-order valence-corrected chi connectivity index (χ2v) is 9.10. The molecule has 2 aliphatic rings. The number of anilines is 3. The van der Waals surface area contributed by atoms with E-state index in [1.54, 1.807) is 16.8 Å². The van der Waals surface area contributed by atoms with Crippen molar-refractivity contribution in [1.82, 2.24) is 19.9 Å². The molecular formula is C26H33ClN6O3. The fraction of sp³-hybridized carbons (Fsp3) is 0.462. The molecule has 2 N–H and O–H groups in total. The summed E-state index contributed by atoms with van der Waals surface area (Å²) in [4.78, 5) is 35.9. The molecule has 0 radical (unpaired) electrons. The van der Waals surface area contributed by atoms with Crippen LogP contribution >= 0.6 is 11.6 Å². The molecule has 10 heteroatoms. The molecule has 3 heterocycles. The molecule has 5 rings (SSSR count). The van der Waals surface area contributed by atoms with Gasteiger partial charge in [0.25, 0.3) is 11.5 Å². The number of nitrogens with zero attached hydrogens (tertiary/aromatic N) is 4. The van der Waals surface area contributed by atoms with Crippen LogP contribution in [0.5, 0.6) is 5.75 Å². The molecule has 9 nitrogen and oxygen atoms in total. The van der Waals surface area contributed by atoms with Crippen molar-refractivity contribution in [2.45, 2.75) is 52.0 Å². The van der Waals surface area contributed by atoms with Gasteiger partial charge in [0.1, 0.15) is 5.02 Å². The first kappa shape index (κ1) is 25.8. The molecule has 0 spiro atoms. The summed E-state index contributed by atoms with van der Waals surface area (Å²) in [6, 6.07) is 7.59. The topological polar surface area (TPSA) is 101 Å². The Morgan fingerprint density at radius 2 is 1.92 bits per heavy atom. The number of amides is 1. The quantitative estimate of drug-likeness (QED) is 0.474. The van der Waals surface area contributed by atoms with Gasteiger partial charge in [0, 0.05) is 37.3 Å². The van der Waals surface area contributed by atoms with Crippen LogP contribution in [0, 0.1) is 0 Å². The van der Waals surface area contributed by atoms with Crippen molar-refractivity contribution in [3.05, 3.63) is 45.8 Å². The number of pyridine rings is 1. The van der Waals surface area contributed by atoms with Crippen molar-refractivity contribution in [1.29, 1.82) is 0 Å². The van der Waals surface area contributed by atoms with Crippen molar-refractivity contribution in [2.75, 3.05) is 37.0 Å². The number of carbonyl (C=O) groups excluding carboxylic acids is 1. The number of halogens is 1. The normalized spacial score (nSPS) is 15.2. The smallest absolute Gasteiger partial charge is 0.293 e. The van der Waals surface area contributed by atoms with Crippen LogP contribution < -0.4 is 25.8 Å². The maximum atomic E-state index is 13.0. The van der Waals surface area contributed by atoms with E-state index in [-0.39, 0.29) is 29.9 Å². The molecular weight excluding hydrogens is 480 g/mol. The van der Waals surface area contributed by atoms with Crippen LogP contribution in [0.1, 0.15) is 52.0 Å². The summed E-state index contributed by atoms with van der Waals surface area (Å²) < 4.78 is 7.33. The highest BCUT2D eigenvalue weighted by molar-refractivity contribution is 6.32. The van der Waals surface area contributed by atoms with Crippen LogP contribution in [0.25, 0.3) is 10.9 Å². The first-order valence-corrected chi connectivity index (χ1v) is 13.0. The van der Waals surface area contributed by atoms with Gasteiger partial charge in [-0.05, 0) is 56.4 Å². The number of aromatic nitrogens is 3. The van der Waals surface area contributed by atoms with Gasteiger partial charge >= 0.3 is 0 Å². The van der Waals surface area contributed by atoms with E-state index < -0.39 is 0 Å². The number of ether oxygens (including phenoxy) is 1. The van der Waals surface area contributed by atoms with Crippen molar-refractivity contribution in [3.63, 3.8) is 0 Å². The van der Waals surface area contributed by atoms with Crippen molar-refractivity contribution < 1.29 is 9.53 Å². The Morgan fingerprint density at radius 3 is 2.61 bits per heavy atom. The maximum Gasteiger partial charge on any atom is 0.293 e. The van der Waals surface area contributed by atoms with E-state index in [0.717, 1.165) is 55.4 Å². The average Bonchev–Trinajstić information content (AvgIpc) is 3.75. The first-order chi connectivity index (χ1) is 17.5. The summed E-state index contributed by atoms with van der Waals surface area (Å²) in [7, 11) is 1.53. The van der Waals surface area contributed by atoms with E-state index in [1.807, 2.05) is 32.0 Å². The van der Waals surface area contributed by atoms with Gasteiger partial charge in [-0.25, -0.2) is 4.98 Å². The van der Waals surface area contributed by atoms with Crippen LogP contribution in [0.4, 0.5) is 17.5 Å². The maximum absolute atomic E-state index is 13.0. The lowest BCUT2D eigenvalue weighted by Gasteiger charge is -2.26. The number of rotatable bonds is 7. The number of benzene rings is 1. The van der Waals surface area contributed by atoms with Gasteiger partial charge < -0.3 is 24.8 Å². The highest BCUT2D eigenvalue weighted by Crippen LogP contribution is 2.37. The zero-order chi connectivity index (χ0) is 25.7. The fourth-order valence-corrected chi connectivity index (χ4v) is 4.38. The minimum absolute atomic E-state index is 0.153. The molecule has 2 aromatic heterocycles. The van der Waals surface area contributed by atoms with E-state index in [1.165, 1.54) is 13.5 Å². The van der Waals surface area contributed by atoms with Gasteiger partial charge in [0.2, 0.25) is 5.95 Å². The Morgan fingerprint density at radius 1 is 1.17 bits per heavy atom. The molecule has 1 saturated heterocycles. The standard InChI is InChI=1S/C24H27ClN6O3.C2H6/c1-26-21(32)14-34-20-12-15-11-16(5-8-19(15)31(23(20)33)17-6-7-17)28-22-18(25)13-27-24(29-22)30-9-3-2-4-10-30;1-2/h5,8,11-13,17H,2-4,6-7,9-10,14H2,1H3,(H,26,32)(H,27,28,29);1-2H3. The number of hydrogen-bond acceptors (Lipinski definition) is 7. The number of carbonyl (C=O) groups is 1. The van der Waals surface area contributed by atoms with Gasteiger partial charge in [0.15, 0.2) is 18.2 Å². The molecule has 192 valence electrons. The van der Waals surface area contributed by atoms with Gasteiger partial charge in [-0.1, -0.05) is 25.4 Å². The molecule has 2 fully saturated rings. The zero-order valence-electron chi connectivity index (χ0n) is 21.0. The molecule has 1 amide bonds. The zero-order valence-corrected chi connectivity index (χ0v) is 21.8. The number of piperidine rings is 1. The Bertz CT molecular complexity index is 1280. The monoisotopic (exact) mass is 512 g/mol. The summed E-state index contributed by atoms with van der Waals surface area (Å²) in [5, 5.41) is 7.05. The number of fused-ring (bicyclic) bond motifs is 1. The lowest BCUT2D eigenvalue weighted by atomic mass is 10.1. The molecule has 36 heavy (non-hydrogen) atoms. The Hall–Kier alpha value is -3.33. The molecule has 3 aromatic rings. The van der Waals surface area contributed by atoms with E-state index in [2.05, 4.69) is 25.5 Å². The summed E-state index contributed by atoms with van der Waals surface area (Å²) in [5.41, 5.74) is 1.38. The Balaban J connectivity index is 0.00000148. The second kappa shape index (κ2) is 11.6. The van der Waals surface area contributed by atoms with Crippen LogP contribution in [0.2, 0.25) is 5.02 Å². The molecule has 1 saturated carbocycles. The SMILES string of the molecule is CC.CNC(=O)COc1cc2cc(Nc3nc(N4CCCCC4)ncc3Cl)ccc2n(C2CC2)c1=O. The Kier molecular flexibility index (Phi) is 8.30. The molecule has 0 bridgehead atoms. The molecule has 1 aliphatic carbocycles. The highest BCUT2D eigenvalue weighted by Gasteiger charge is 2.28. The van der Waals surface area contributed by atoms with Gasteiger partial charge in [-0.2, -0.15) is 4.98 Å². The lowest BCUT2D eigenvalue weighted by molar-refractivity contribution is -0.122. The first-order valence-electron chi connectivity index (χ1n) is 12.6. The molecule has 0 atom stereocenters. The average molecular weight is 513 g/mol. The van der Waals surface area contributed by atoms with E-state index in [9.17, 15) is 9.59 Å². The second-order valence-electron chi connectivity index (χ2n) is 8.69. The van der Waals surface area contributed by atoms with Crippen LogP contribution in [0.15, 0.2) is 35.3 Å². The number of hydrogen-bond donors (Lipinski definition) is 2. The summed E-state index contributed by atoms with van der Waals surface area (Å²) in [6.07, 6.45) is 7.01. The van der Waals surface area contributed by atoms with Crippen molar-refractivity contribution in [2.24, 2.45) is 0 Å². The molecule has 1 aromatic carbocycles. The third-order valence-electron chi connectivity index (χ3n) is 6.19. The summed E-state index contributed by atoms with van der Waals surface area (Å²) in [6.45, 7) is 5.67. The Labute approximate surface area is 215 Å². The third kappa shape index (κ3) is 5.73. The van der Waals surface area contributed by atoms with Gasteiger partial charge in [-0.15, -0.1) is 0 Å².